The van der Waals surface area contributed by atoms with E-state index in [1.807, 2.05) is 43.7 Å². The number of amides is 2. The van der Waals surface area contributed by atoms with Crippen molar-refractivity contribution in [3.05, 3.63) is 88.1 Å². The minimum atomic E-state index is -0.177. The fourth-order valence-corrected chi connectivity index (χ4v) is 3.52. The van der Waals surface area contributed by atoms with Crippen LogP contribution in [0.25, 0.3) is 0 Å². The van der Waals surface area contributed by atoms with Gasteiger partial charge < -0.3 is 15.5 Å². The molecule has 28 heavy (non-hydrogen) atoms. The summed E-state index contributed by atoms with van der Waals surface area (Å²) in [6.07, 6.45) is 0. The SMILES string of the molecule is CN(C)C(CNC(=O)c1cccc(NC(=O)c2cccs2)c1)c1ccccc1. The second-order valence-corrected chi connectivity index (χ2v) is 7.56. The van der Waals surface area contributed by atoms with Crippen LogP contribution in [-0.4, -0.2) is 37.4 Å². The minimum absolute atomic E-state index is 0.0758. The van der Waals surface area contributed by atoms with Crippen LogP contribution in [0, 0.1) is 0 Å². The molecular formula is C22H23N3O2S. The van der Waals surface area contributed by atoms with E-state index >= 15 is 0 Å². The van der Waals surface area contributed by atoms with Gasteiger partial charge in [0.05, 0.1) is 10.9 Å². The number of anilines is 1. The Morgan fingerprint density at radius 1 is 0.964 bits per heavy atom. The molecule has 144 valence electrons. The number of rotatable bonds is 7. The number of nitrogens with zero attached hydrogens (tertiary/aromatic N) is 1. The molecule has 3 rings (SSSR count). The van der Waals surface area contributed by atoms with Gasteiger partial charge in [-0.05, 0) is 49.3 Å². The first kappa shape index (κ1) is 19.8. The van der Waals surface area contributed by atoms with E-state index in [4.69, 9.17) is 0 Å². The lowest BCUT2D eigenvalue weighted by Crippen LogP contribution is -2.34. The Balaban J connectivity index is 1.65. The fraction of sp³-hybridized carbons (Fsp3) is 0.182. The predicted molar refractivity (Wildman–Crippen MR) is 114 cm³/mol. The van der Waals surface area contributed by atoms with Gasteiger partial charge in [0.2, 0.25) is 0 Å². The molecule has 2 amide bonds. The Labute approximate surface area is 169 Å². The van der Waals surface area contributed by atoms with Gasteiger partial charge >= 0.3 is 0 Å². The van der Waals surface area contributed by atoms with Gasteiger partial charge in [-0.2, -0.15) is 0 Å². The summed E-state index contributed by atoms with van der Waals surface area (Å²) >= 11 is 1.38. The molecule has 2 aromatic carbocycles. The first-order valence-corrected chi connectivity index (χ1v) is 9.87. The highest BCUT2D eigenvalue weighted by atomic mass is 32.1. The Kier molecular flexibility index (Phi) is 6.57. The van der Waals surface area contributed by atoms with E-state index in [0.29, 0.717) is 22.7 Å². The molecule has 3 aromatic rings. The summed E-state index contributed by atoms with van der Waals surface area (Å²) < 4.78 is 0. The molecule has 0 saturated heterocycles. The molecule has 1 heterocycles. The van der Waals surface area contributed by atoms with Crippen molar-refractivity contribution in [2.45, 2.75) is 6.04 Å². The topological polar surface area (TPSA) is 61.4 Å². The molecule has 1 unspecified atom stereocenters. The standard InChI is InChI=1S/C22H23N3O2S/c1-25(2)19(16-8-4-3-5-9-16)15-23-21(26)17-10-6-11-18(14-17)24-22(27)20-12-7-13-28-20/h3-14,19H,15H2,1-2H3,(H,23,26)(H,24,27). The molecule has 0 aliphatic heterocycles. The van der Waals surface area contributed by atoms with E-state index in [9.17, 15) is 9.59 Å². The van der Waals surface area contributed by atoms with Crippen molar-refractivity contribution in [2.24, 2.45) is 0 Å². The summed E-state index contributed by atoms with van der Waals surface area (Å²) in [5.41, 5.74) is 2.25. The molecule has 0 aliphatic rings. The summed E-state index contributed by atoms with van der Waals surface area (Å²) in [6, 6.07) is 20.7. The number of hydrogen-bond donors (Lipinski definition) is 2. The van der Waals surface area contributed by atoms with E-state index < -0.39 is 0 Å². The van der Waals surface area contributed by atoms with Crippen LogP contribution in [-0.2, 0) is 0 Å². The highest BCUT2D eigenvalue weighted by molar-refractivity contribution is 7.12. The van der Waals surface area contributed by atoms with Crippen LogP contribution >= 0.6 is 11.3 Å². The normalized spacial score (nSPS) is 11.8. The first-order valence-electron chi connectivity index (χ1n) is 8.99. The second-order valence-electron chi connectivity index (χ2n) is 6.61. The Bertz CT molecular complexity index is 924. The Morgan fingerprint density at radius 3 is 2.43 bits per heavy atom. The van der Waals surface area contributed by atoms with E-state index in [1.165, 1.54) is 11.3 Å². The zero-order valence-electron chi connectivity index (χ0n) is 15.9. The molecule has 2 N–H and O–H groups in total. The van der Waals surface area contributed by atoms with Gasteiger partial charge in [-0.15, -0.1) is 11.3 Å². The number of benzene rings is 2. The fourth-order valence-electron chi connectivity index (χ4n) is 2.90. The van der Waals surface area contributed by atoms with Crippen LogP contribution in [0.4, 0.5) is 5.69 Å². The Hall–Kier alpha value is -2.96. The number of hydrogen-bond acceptors (Lipinski definition) is 4. The molecule has 0 radical (unpaired) electrons. The average molecular weight is 394 g/mol. The monoisotopic (exact) mass is 393 g/mol. The van der Waals surface area contributed by atoms with E-state index in [2.05, 4.69) is 27.7 Å². The summed E-state index contributed by atoms with van der Waals surface area (Å²) in [5, 5.41) is 7.68. The quantitative estimate of drug-likeness (QED) is 0.637. The minimum Gasteiger partial charge on any atom is -0.350 e. The van der Waals surface area contributed by atoms with Crippen molar-refractivity contribution >= 4 is 28.8 Å². The molecule has 1 aromatic heterocycles. The lowest BCUT2D eigenvalue weighted by Gasteiger charge is -2.25. The molecule has 0 bridgehead atoms. The van der Waals surface area contributed by atoms with Crippen molar-refractivity contribution < 1.29 is 9.59 Å². The van der Waals surface area contributed by atoms with E-state index in [1.54, 1.807) is 30.3 Å². The lowest BCUT2D eigenvalue weighted by molar-refractivity contribution is 0.0940. The molecule has 0 spiro atoms. The molecular weight excluding hydrogens is 370 g/mol. The van der Waals surface area contributed by atoms with Crippen LogP contribution in [0.3, 0.4) is 0 Å². The largest absolute Gasteiger partial charge is 0.350 e. The van der Waals surface area contributed by atoms with Crippen molar-refractivity contribution in [3.8, 4) is 0 Å². The van der Waals surface area contributed by atoms with Gasteiger partial charge in [0.15, 0.2) is 0 Å². The number of carbonyl (C=O) groups excluding carboxylic acids is 2. The average Bonchev–Trinajstić information content (AvgIpc) is 3.24. The van der Waals surface area contributed by atoms with Crippen molar-refractivity contribution in [1.82, 2.24) is 10.2 Å². The smallest absolute Gasteiger partial charge is 0.265 e. The van der Waals surface area contributed by atoms with Gasteiger partial charge in [0, 0.05) is 17.8 Å². The van der Waals surface area contributed by atoms with Crippen molar-refractivity contribution in [1.29, 1.82) is 0 Å². The highest BCUT2D eigenvalue weighted by Crippen LogP contribution is 2.18. The molecule has 0 fully saturated rings. The third kappa shape index (κ3) is 5.06. The molecule has 0 saturated carbocycles. The third-order valence-electron chi connectivity index (χ3n) is 4.39. The van der Waals surface area contributed by atoms with Crippen LogP contribution in [0.1, 0.15) is 31.6 Å². The van der Waals surface area contributed by atoms with Crippen molar-refractivity contribution in [3.63, 3.8) is 0 Å². The number of thiophene rings is 1. The number of carbonyl (C=O) groups is 2. The van der Waals surface area contributed by atoms with Gasteiger partial charge in [-0.3, -0.25) is 9.59 Å². The second kappa shape index (κ2) is 9.30. The maximum absolute atomic E-state index is 12.6. The van der Waals surface area contributed by atoms with Crippen molar-refractivity contribution in [2.75, 3.05) is 26.0 Å². The van der Waals surface area contributed by atoms with Gasteiger partial charge in [-0.1, -0.05) is 42.5 Å². The number of likely N-dealkylation sites (N-methyl/N-ethyl adjacent to an activating group) is 1. The molecule has 0 aliphatic carbocycles. The number of nitrogens with one attached hydrogen (secondary N) is 2. The van der Waals surface area contributed by atoms with E-state index in [-0.39, 0.29) is 17.9 Å². The summed E-state index contributed by atoms with van der Waals surface area (Å²) in [6.45, 7) is 0.488. The van der Waals surface area contributed by atoms with E-state index in [0.717, 1.165) is 5.56 Å². The van der Waals surface area contributed by atoms with Crippen LogP contribution < -0.4 is 10.6 Å². The first-order chi connectivity index (χ1) is 13.5. The maximum atomic E-state index is 12.6. The van der Waals surface area contributed by atoms with Crippen LogP contribution in [0.2, 0.25) is 0 Å². The van der Waals surface area contributed by atoms with Gasteiger partial charge in [-0.25, -0.2) is 0 Å². The molecule has 6 heteroatoms. The van der Waals surface area contributed by atoms with Crippen LogP contribution in [0.5, 0.6) is 0 Å². The molecule has 5 nitrogen and oxygen atoms in total. The molecule has 1 atom stereocenters. The summed E-state index contributed by atoms with van der Waals surface area (Å²) in [7, 11) is 3.98. The highest BCUT2D eigenvalue weighted by Gasteiger charge is 2.16. The van der Waals surface area contributed by atoms with Gasteiger partial charge in [0.25, 0.3) is 11.8 Å². The van der Waals surface area contributed by atoms with Crippen LogP contribution in [0.15, 0.2) is 72.1 Å². The summed E-state index contributed by atoms with van der Waals surface area (Å²) in [5.74, 6) is -0.348. The zero-order valence-corrected chi connectivity index (χ0v) is 16.7. The predicted octanol–water partition coefficient (Wildman–Crippen LogP) is 4.03. The Morgan fingerprint density at radius 2 is 1.75 bits per heavy atom. The van der Waals surface area contributed by atoms with Gasteiger partial charge in [0.1, 0.15) is 0 Å². The third-order valence-corrected chi connectivity index (χ3v) is 5.26. The summed E-state index contributed by atoms with van der Waals surface area (Å²) in [4.78, 5) is 27.5. The lowest BCUT2D eigenvalue weighted by atomic mass is 10.1. The zero-order chi connectivity index (χ0) is 19.9. The maximum Gasteiger partial charge on any atom is 0.265 e.